The Kier molecular flexibility index (Phi) is 4.48. The van der Waals surface area contributed by atoms with E-state index in [9.17, 15) is 18.7 Å². The van der Waals surface area contributed by atoms with Gasteiger partial charge in [0.1, 0.15) is 23.0 Å². The fourth-order valence-electron chi connectivity index (χ4n) is 2.26. The van der Waals surface area contributed by atoms with Crippen molar-refractivity contribution in [2.45, 2.75) is 25.4 Å². The van der Waals surface area contributed by atoms with Crippen LogP contribution in [0.15, 0.2) is 48.5 Å². The maximum absolute atomic E-state index is 13.1. The molecule has 0 saturated carbocycles. The molecule has 0 fully saturated rings. The van der Waals surface area contributed by atoms with Crippen LogP contribution in [0, 0.1) is 11.6 Å². The molecule has 1 N–H and O–H groups in total. The topological polar surface area (TPSA) is 37.3 Å². The third-order valence-electron chi connectivity index (χ3n) is 3.48. The Bertz CT molecular complexity index is 573. The van der Waals surface area contributed by atoms with Gasteiger partial charge in [-0.15, -0.1) is 0 Å². The van der Waals surface area contributed by atoms with Crippen LogP contribution in [-0.4, -0.2) is 10.9 Å². The van der Waals surface area contributed by atoms with Crippen molar-refractivity contribution < 1.29 is 18.7 Å². The van der Waals surface area contributed by atoms with E-state index in [1.807, 2.05) is 0 Å². The van der Waals surface area contributed by atoms with Gasteiger partial charge < -0.3 is 9.90 Å². The number of ketones is 1. The summed E-state index contributed by atoms with van der Waals surface area (Å²) in [6.45, 7) is 1.44. The first-order valence-corrected chi connectivity index (χ1v) is 6.66. The van der Waals surface area contributed by atoms with Gasteiger partial charge in [-0.1, -0.05) is 24.3 Å². The van der Waals surface area contributed by atoms with Crippen LogP contribution in [0.25, 0.3) is 0 Å². The molecule has 0 aliphatic heterocycles. The van der Waals surface area contributed by atoms with Gasteiger partial charge in [0.15, 0.2) is 0 Å². The molecule has 0 aliphatic carbocycles. The van der Waals surface area contributed by atoms with Crippen LogP contribution in [0.5, 0.6) is 0 Å². The quantitative estimate of drug-likeness (QED) is 0.914. The summed E-state index contributed by atoms with van der Waals surface area (Å²) in [6.07, 6.45) is 0.324. The second-order valence-electron chi connectivity index (χ2n) is 5.08. The van der Waals surface area contributed by atoms with Gasteiger partial charge in [0, 0.05) is 6.42 Å². The Balaban J connectivity index is 2.44. The minimum atomic E-state index is -1.45. The number of benzene rings is 2. The Hall–Kier alpha value is -2.07. The largest absolute Gasteiger partial charge is 0.380 e. The van der Waals surface area contributed by atoms with E-state index in [1.165, 1.54) is 55.5 Å². The maximum atomic E-state index is 13.1. The number of rotatable bonds is 5. The average Bonchev–Trinajstić information content (AvgIpc) is 2.46. The van der Waals surface area contributed by atoms with E-state index in [0.29, 0.717) is 11.1 Å². The molecule has 0 unspecified atom stereocenters. The minimum absolute atomic E-state index is 0.0577. The molecule has 0 aliphatic rings. The molecular weight excluding hydrogens is 274 g/mol. The van der Waals surface area contributed by atoms with Gasteiger partial charge in [0.05, 0.1) is 0 Å². The molecule has 21 heavy (non-hydrogen) atoms. The molecule has 0 aromatic heterocycles. The van der Waals surface area contributed by atoms with Crippen molar-refractivity contribution in [3.05, 3.63) is 71.3 Å². The van der Waals surface area contributed by atoms with E-state index in [2.05, 4.69) is 0 Å². The smallest absolute Gasteiger partial charge is 0.129 e. The summed E-state index contributed by atoms with van der Waals surface area (Å²) in [5.74, 6) is -0.879. The molecule has 0 bridgehead atoms. The summed E-state index contributed by atoms with van der Waals surface area (Å²) in [5, 5.41) is 11.0. The predicted octanol–water partition coefficient (Wildman–Crippen LogP) is 3.57. The lowest BCUT2D eigenvalue weighted by atomic mass is 9.82. The highest BCUT2D eigenvalue weighted by Gasteiger charge is 2.31. The van der Waals surface area contributed by atoms with Gasteiger partial charge >= 0.3 is 0 Å². The number of Topliss-reactive ketones (excluding diaryl/α,β-unsaturated/α-hetero) is 1. The lowest BCUT2D eigenvalue weighted by Gasteiger charge is -2.29. The van der Waals surface area contributed by atoms with E-state index < -0.39 is 17.2 Å². The number of hydrogen-bond acceptors (Lipinski definition) is 2. The summed E-state index contributed by atoms with van der Waals surface area (Å²) in [5.41, 5.74) is -0.513. The predicted molar refractivity (Wildman–Crippen MR) is 75.7 cm³/mol. The first-order chi connectivity index (χ1) is 9.91. The minimum Gasteiger partial charge on any atom is -0.380 e. The van der Waals surface area contributed by atoms with E-state index >= 15 is 0 Å². The molecule has 0 amide bonds. The number of hydrogen-bond donors (Lipinski definition) is 1. The summed E-state index contributed by atoms with van der Waals surface area (Å²) in [6, 6.07) is 10.9. The van der Waals surface area contributed by atoms with Gasteiger partial charge in [0.25, 0.3) is 0 Å². The van der Waals surface area contributed by atoms with Gasteiger partial charge in [0.2, 0.25) is 0 Å². The van der Waals surface area contributed by atoms with Crippen LogP contribution in [0.1, 0.15) is 30.9 Å². The Labute approximate surface area is 122 Å². The van der Waals surface area contributed by atoms with Crippen molar-refractivity contribution >= 4 is 5.78 Å². The number of carbonyl (C=O) groups excluding carboxylic acids is 1. The molecule has 4 heteroatoms. The second-order valence-corrected chi connectivity index (χ2v) is 5.08. The van der Waals surface area contributed by atoms with Crippen LogP contribution >= 0.6 is 0 Å². The molecule has 2 nitrogen and oxygen atoms in total. The van der Waals surface area contributed by atoms with E-state index in [1.54, 1.807) is 0 Å². The third-order valence-corrected chi connectivity index (χ3v) is 3.48. The normalized spacial score (nSPS) is 11.4. The molecule has 0 radical (unpaired) electrons. The third kappa shape index (κ3) is 3.52. The standard InChI is InChI=1S/C17H16F2O2/c1-12(20)10-11-17(21,13-2-6-15(18)7-3-13)14-4-8-16(19)9-5-14/h2-9,21H,10-11H2,1H3. The molecule has 2 aromatic carbocycles. The van der Waals surface area contributed by atoms with E-state index in [0.717, 1.165) is 0 Å². The molecular formula is C17H16F2O2. The maximum Gasteiger partial charge on any atom is 0.129 e. The highest BCUT2D eigenvalue weighted by atomic mass is 19.1. The molecule has 0 atom stereocenters. The molecule has 2 aromatic rings. The summed E-state index contributed by atoms with van der Waals surface area (Å²) < 4.78 is 26.1. The Morgan fingerprint density at radius 3 is 1.67 bits per heavy atom. The average molecular weight is 290 g/mol. The zero-order valence-corrected chi connectivity index (χ0v) is 11.6. The monoisotopic (exact) mass is 290 g/mol. The first kappa shape index (κ1) is 15.3. The van der Waals surface area contributed by atoms with Crippen molar-refractivity contribution in [1.29, 1.82) is 0 Å². The molecule has 2 rings (SSSR count). The zero-order valence-electron chi connectivity index (χ0n) is 11.6. The van der Waals surface area contributed by atoms with Crippen LogP contribution in [-0.2, 0) is 10.4 Å². The van der Waals surface area contributed by atoms with Crippen molar-refractivity contribution in [3.8, 4) is 0 Å². The van der Waals surface area contributed by atoms with Crippen LogP contribution < -0.4 is 0 Å². The summed E-state index contributed by atoms with van der Waals surface area (Å²) in [4.78, 5) is 11.2. The SMILES string of the molecule is CC(=O)CCC(O)(c1ccc(F)cc1)c1ccc(F)cc1. The van der Waals surface area contributed by atoms with E-state index in [4.69, 9.17) is 0 Å². The Morgan fingerprint density at radius 1 is 0.952 bits per heavy atom. The fourth-order valence-corrected chi connectivity index (χ4v) is 2.26. The number of carbonyl (C=O) groups is 1. The van der Waals surface area contributed by atoms with Crippen molar-refractivity contribution in [2.24, 2.45) is 0 Å². The molecule has 110 valence electrons. The summed E-state index contributed by atoms with van der Waals surface area (Å²) in [7, 11) is 0. The Morgan fingerprint density at radius 2 is 1.33 bits per heavy atom. The van der Waals surface area contributed by atoms with Crippen molar-refractivity contribution in [2.75, 3.05) is 0 Å². The summed E-state index contributed by atoms with van der Waals surface area (Å²) >= 11 is 0. The molecule has 0 heterocycles. The highest BCUT2D eigenvalue weighted by Crippen LogP contribution is 2.34. The number of aliphatic hydroxyl groups is 1. The van der Waals surface area contributed by atoms with Crippen LogP contribution in [0.3, 0.4) is 0 Å². The van der Waals surface area contributed by atoms with Gasteiger partial charge in [-0.25, -0.2) is 8.78 Å². The van der Waals surface area contributed by atoms with Gasteiger partial charge in [-0.2, -0.15) is 0 Å². The van der Waals surface area contributed by atoms with Crippen molar-refractivity contribution in [3.63, 3.8) is 0 Å². The lowest BCUT2D eigenvalue weighted by Crippen LogP contribution is -2.28. The van der Waals surface area contributed by atoms with Gasteiger partial charge in [-0.05, 0) is 48.7 Å². The second kappa shape index (κ2) is 6.14. The fraction of sp³-hybridized carbons (Fsp3) is 0.235. The first-order valence-electron chi connectivity index (χ1n) is 6.66. The molecule has 0 saturated heterocycles. The molecule has 0 spiro atoms. The number of halogens is 2. The van der Waals surface area contributed by atoms with Crippen LogP contribution in [0.4, 0.5) is 8.78 Å². The van der Waals surface area contributed by atoms with E-state index in [-0.39, 0.29) is 18.6 Å². The highest BCUT2D eigenvalue weighted by molar-refractivity contribution is 5.75. The zero-order chi connectivity index (χ0) is 15.5. The lowest BCUT2D eigenvalue weighted by molar-refractivity contribution is -0.118. The van der Waals surface area contributed by atoms with Crippen LogP contribution in [0.2, 0.25) is 0 Å². The van der Waals surface area contributed by atoms with Crippen molar-refractivity contribution in [1.82, 2.24) is 0 Å². The van der Waals surface area contributed by atoms with Gasteiger partial charge in [-0.3, -0.25) is 0 Å².